The van der Waals surface area contributed by atoms with Crippen LogP contribution < -0.4 is 5.32 Å². The van der Waals surface area contributed by atoms with E-state index in [2.05, 4.69) is 15.3 Å². The zero-order chi connectivity index (χ0) is 15.3. The van der Waals surface area contributed by atoms with Gasteiger partial charge in [0.2, 0.25) is 0 Å². The minimum absolute atomic E-state index is 0.227. The monoisotopic (exact) mass is 297 g/mol. The number of aryl methyl sites for hydroxylation is 2. The predicted octanol–water partition coefficient (Wildman–Crippen LogP) is 1.95. The third kappa shape index (κ3) is 4.76. The molecular weight excluding hydrogens is 274 g/mol. The van der Waals surface area contributed by atoms with Crippen LogP contribution in [-0.4, -0.2) is 39.9 Å². The molecule has 0 aliphatic carbocycles. The zero-order valence-electron chi connectivity index (χ0n) is 12.7. The molecule has 0 aliphatic heterocycles. The Hall–Kier alpha value is -1.14. The number of nitrogens with one attached hydrogen (secondary N) is 1. The van der Waals surface area contributed by atoms with E-state index in [1.807, 2.05) is 20.1 Å². The molecule has 6 heteroatoms. The molecule has 0 aromatic carbocycles. The van der Waals surface area contributed by atoms with Crippen molar-refractivity contribution in [2.45, 2.75) is 45.2 Å². The van der Waals surface area contributed by atoms with Crippen molar-refractivity contribution >= 4 is 17.7 Å². The molecule has 2 N–H and O–H groups in total. The number of rotatable bonds is 6. The predicted molar refractivity (Wildman–Crippen MR) is 81.1 cm³/mol. The van der Waals surface area contributed by atoms with Gasteiger partial charge in [0.1, 0.15) is 10.9 Å². The van der Waals surface area contributed by atoms with E-state index in [4.69, 9.17) is 0 Å². The van der Waals surface area contributed by atoms with Gasteiger partial charge in [-0.1, -0.05) is 13.8 Å². The number of nitrogens with zero attached hydrogens (tertiary/aromatic N) is 2. The lowest BCUT2D eigenvalue weighted by atomic mass is 10.1. The number of amides is 1. The largest absolute Gasteiger partial charge is 0.391 e. The lowest BCUT2D eigenvalue weighted by molar-refractivity contribution is 0.0895. The normalized spacial score (nSPS) is 12.6. The topological polar surface area (TPSA) is 75.1 Å². The molecule has 20 heavy (non-hydrogen) atoms. The average Bonchev–Trinajstić information content (AvgIpc) is 2.34. The summed E-state index contributed by atoms with van der Waals surface area (Å²) in [4.78, 5) is 20.7. The fourth-order valence-electron chi connectivity index (χ4n) is 2.02. The summed E-state index contributed by atoms with van der Waals surface area (Å²) in [5.74, 6) is 0.825. The van der Waals surface area contributed by atoms with Crippen molar-refractivity contribution in [2.75, 3.05) is 12.8 Å². The van der Waals surface area contributed by atoms with Gasteiger partial charge in [0.25, 0.3) is 5.91 Å². The van der Waals surface area contributed by atoms with Crippen LogP contribution in [0.4, 0.5) is 0 Å². The highest BCUT2D eigenvalue weighted by atomic mass is 32.2. The fourth-order valence-corrected chi connectivity index (χ4v) is 2.68. The summed E-state index contributed by atoms with van der Waals surface area (Å²) in [6, 6.07) is 0. The van der Waals surface area contributed by atoms with Gasteiger partial charge in [-0.3, -0.25) is 4.79 Å². The molecule has 1 heterocycles. The van der Waals surface area contributed by atoms with E-state index in [0.717, 1.165) is 0 Å². The first-order valence-corrected chi connectivity index (χ1v) is 7.93. The number of aliphatic hydroxyl groups is 1. The van der Waals surface area contributed by atoms with Crippen LogP contribution in [0.15, 0.2) is 5.03 Å². The zero-order valence-corrected chi connectivity index (χ0v) is 13.5. The first-order valence-electron chi connectivity index (χ1n) is 6.70. The third-order valence-corrected chi connectivity index (χ3v) is 3.51. The standard InChI is InChI=1S/C14H23N3O2S/c1-8(2)6-11(18)7-15-13(19)12-9(3)16-10(4)17-14(12)20-5/h8,11,18H,6-7H2,1-5H3,(H,15,19). The van der Waals surface area contributed by atoms with Gasteiger partial charge in [0, 0.05) is 6.54 Å². The van der Waals surface area contributed by atoms with Crippen molar-refractivity contribution in [3.8, 4) is 0 Å². The number of aliphatic hydroxyl groups excluding tert-OH is 1. The Morgan fingerprint density at radius 1 is 1.35 bits per heavy atom. The molecule has 0 fully saturated rings. The lowest BCUT2D eigenvalue weighted by Crippen LogP contribution is -2.33. The maximum absolute atomic E-state index is 12.2. The summed E-state index contributed by atoms with van der Waals surface area (Å²) in [6.07, 6.45) is 2.02. The summed E-state index contributed by atoms with van der Waals surface area (Å²) in [5, 5.41) is 13.2. The van der Waals surface area contributed by atoms with Gasteiger partial charge in [-0.05, 0) is 32.4 Å². The van der Waals surface area contributed by atoms with Crippen LogP contribution in [0.1, 0.15) is 42.1 Å². The Morgan fingerprint density at radius 3 is 2.55 bits per heavy atom. The van der Waals surface area contributed by atoms with Crippen molar-refractivity contribution in [3.05, 3.63) is 17.1 Å². The molecule has 1 atom stereocenters. The SMILES string of the molecule is CSc1nc(C)nc(C)c1C(=O)NCC(O)CC(C)C. The molecule has 1 amide bonds. The van der Waals surface area contributed by atoms with Crippen LogP contribution in [0, 0.1) is 19.8 Å². The molecule has 0 bridgehead atoms. The Morgan fingerprint density at radius 2 is 2.00 bits per heavy atom. The summed E-state index contributed by atoms with van der Waals surface area (Å²) in [5.41, 5.74) is 1.16. The second kappa shape index (κ2) is 7.59. The summed E-state index contributed by atoms with van der Waals surface area (Å²) in [7, 11) is 0. The van der Waals surface area contributed by atoms with Crippen molar-refractivity contribution in [1.82, 2.24) is 15.3 Å². The number of aromatic nitrogens is 2. The molecule has 0 saturated heterocycles. The molecule has 1 aromatic heterocycles. The van der Waals surface area contributed by atoms with Crippen LogP contribution in [0.2, 0.25) is 0 Å². The van der Waals surface area contributed by atoms with Crippen LogP contribution in [-0.2, 0) is 0 Å². The Bertz CT molecular complexity index is 478. The molecule has 1 aromatic rings. The summed E-state index contributed by atoms with van der Waals surface area (Å²) in [6.45, 7) is 7.93. The van der Waals surface area contributed by atoms with E-state index in [1.54, 1.807) is 13.8 Å². The second-order valence-electron chi connectivity index (χ2n) is 5.23. The van der Waals surface area contributed by atoms with Crippen LogP contribution in [0.3, 0.4) is 0 Å². The highest BCUT2D eigenvalue weighted by Crippen LogP contribution is 2.20. The van der Waals surface area contributed by atoms with Gasteiger partial charge < -0.3 is 10.4 Å². The van der Waals surface area contributed by atoms with Crippen molar-refractivity contribution in [2.24, 2.45) is 5.92 Å². The molecular formula is C14H23N3O2S. The molecule has 1 rings (SSSR count). The molecule has 0 saturated carbocycles. The average molecular weight is 297 g/mol. The molecule has 0 spiro atoms. The number of carbonyl (C=O) groups excluding carboxylic acids is 1. The van der Waals surface area contributed by atoms with Crippen molar-refractivity contribution < 1.29 is 9.90 Å². The van der Waals surface area contributed by atoms with Crippen LogP contribution >= 0.6 is 11.8 Å². The van der Waals surface area contributed by atoms with E-state index in [9.17, 15) is 9.90 Å². The van der Waals surface area contributed by atoms with Gasteiger partial charge in [0.05, 0.1) is 17.4 Å². The molecule has 0 aliphatic rings. The van der Waals surface area contributed by atoms with Gasteiger partial charge in [-0.25, -0.2) is 9.97 Å². The van der Waals surface area contributed by atoms with E-state index < -0.39 is 6.10 Å². The van der Waals surface area contributed by atoms with Gasteiger partial charge in [-0.2, -0.15) is 0 Å². The highest BCUT2D eigenvalue weighted by Gasteiger charge is 2.18. The van der Waals surface area contributed by atoms with Crippen molar-refractivity contribution in [3.63, 3.8) is 0 Å². The van der Waals surface area contributed by atoms with Crippen LogP contribution in [0.5, 0.6) is 0 Å². The van der Waals surface area contributed by atoms with Gasteiger partial charge in [0.15, 0.2) is 0 Å². The van der Waals surface area contributed by atoms with Crippen LogP contribution in [0.25, 0.3) is 0 Å². The van der Waals surface area contributed by atoms with Gasteiger partial charge >= 0.3 is 0 Å². The van der Waals surface area contributed by atoms with E-state index >= 15 is 0 Å². The Balaban J connectivity index is 2.78. The summed E-state index contributed by atoms with van der Waals surface area (Å²) < 4.78 is 0. The molecule has 5 nitrogen and oxygen atoms in total. The maximum atomic E-state index is 12.2. The minimum Gasteiger partial charge on any atom is -0.391 e. The maximum Gasteiger partial charge on any atom is 0.255 e. The summed E-state index contributed by atoms with van der Waals surface area (Å²) >= 11 is 1.42. The smallest absolute Gasteiger partial charge is 0.255 e. The quantitative estimate of drug-likeness (QED) is 0.620. The first-order chi connectivity index (χ1) is 9.35. The Kier molecular flexibility index (Phi) is 6.42. The molecule has 1 unspecified atom stereocenters. The van der Waals surface area contributed by atoms with E-state index in [1.165, 1.54) is 11.8 Å². The Labute approximate surface area is 124 Å². The van der Waals surface area contributed by atoms with Crippen molar-refractivity contribution in [1.29, 1.82) is 0 Å². The lowest BCUT2D eigenvalue weighted by Gasteiger charge is -2.15. The highest BCUT2D eigenvalue weighted by molar-refractivity contribution is 7.98. The second-order valence-corrected chi connectivity index (χ2v) is 6.03. The van der Waals surface area contributed by atoms with E-state index in [-0.39, 0.29) is 12.5 Å². The van der Waals surface area contributed by atoms with Gasteiger partial charge in [-0.15, -0.1) is 11.8 Å². The minimum atomic E-state index is -0.525. The third-order valence-electron chi connectivity index (χ3n) is 2.83. The molecule has 0 radical (unpaired) electrons. The first kappa shape index (κ1) is 16.9. The fraction of sp³-hybridized carbons (Fsp3) is 0.643. The van der Waals surface area contributed by atoms with E-state index in [0.29, 0.717) is 34.4 Å². The number of hydrogen-bond acceptors (Lipinski definition) is 5. The number of thioether (sulfide) groups is 1. The number of hydrogen-bond donors (Lipinski definition) is 2. The number of carbonyl (C=O) groups is 1. The molecule has 112 valence electrons.